The van der Waals surface area contributed by atoms with Crippen molar-refractivity contribution in [2.45, 2.75) is 37.3 Å². The summed E-state index contributed by atoms with van der Waals surface area (Å²) in [6, 6.07) is 27.3. The Morgan fingerprint density at radius 1 is 0.889 bits per heavy atom. The van der Waals surface area contributed by atoms with Crippen LogP contribution in [0.1, 0.15) is 41.9 Å². The molecule has 3 aromatic carbocycles. The summed E-state index contributed by atoms with van der Waals surface area (Å²) in [5.74, 6) is 0.0822. The number of carbonyl (C=O) groups excluding carboxylic acids is 1. The predicted octanol–water partition coefficient (Wildman–Crippen LogP) is 6.44. The van der Waals surface area contributed by atoms with Crippen molar-refractivity contribution in [1.29, 1.82) is 0 Å². The Hall–Kier alpha value is -4.12. The predicted molar refractivity (Wildman–Crippen MR) is 140 cm³/mol. The van der Waals surface area contributed by atoms with Crippen molar-refractivity contribution in [2.24, 2.45) is 0 Å². The molecule has 1 aliphatic carbocycles. The van der Waals surface area contributed by atoms with Crippen LogP contribution in [0.4, 0.5) is 4.79 Å². The molecule has 2 bridgehead atoms. The molecular weight excluding hydrogens is 446 g/mol. The van der Waals surface area contributed by atoms with Crippen LogP contribution in [0.3, 0.4) is 0 Å². The highest BCUT2D eigenvalue weighted by Crippen LogP contribution is 2.45. The number of hydrogen-bond acceptors (Lipinski definition) is 3. The summed E-state index contributed by atoms with van der Waals surface area (Å²) in [6.45, 7) is 0.364. The summed E-state index contributed by atoms with van der Waals surface area (Å²) in [5, 5.41) is 4.57. The molecular formula is C31H27N3O2. The summed E-state index contributed by atoms with van der Waals surface area (Å²) < 4.78 is 7.92. The number of nitrogens with zero attached hydrogens (tertiary/aromatic N) is 3. The van der Waals surface area contributed by atoms with E-state index in [0.717, 1.165) is 30.5 Å². The van der Waals surface area contributed by atoms with Gasteiger partial charge in [0.05, 0.1) is 17.9 Å². The molecule has 4 aromatic rings. The van der Waals surface area contributed by atoms with Gasteiger partial charge < -0.3 is 4.74 Å². The van der Waals surface area contributed by atoms with Gasteiger partial charge in [0.2, 0.25) is 0 Å². The van der Waals surface area contributed by atoms with Gasteiger partial charge in [-0.25, -0.2) is 9.48 Å². The highest BCUT2D eigenvalue weighted by atomic mass is 16.6. The topological polar surface area (TPSA) is 47.4 Å². The third-order valence-electron chi connectivity index (χ3n) is 7.92. The molecule has 0 saturated carbocycles. The molecule has 7 rings (SSSR count). The first-order chi connectivity index (χ1) is 17.8. The lowest BCUT2D eigenvalue weighted by atomic mass is 9.97. The van der Waals surface area contributed by atoms with Gasteiger partial charge in [0.15, 0.2) is 0 Å². The molecule has 36 heavy (non-hydrogen) atoms. The molecule has 5 heteroatoms. The standard InChI is InChI=1S/C31H27N3O2/c35-31(36-20-30-28-12-6-4-10-26(28)27-11-5-7-13-29(27)30)34-24-14-15-25(34)17-21(16-24)22-18-32-33(19-22)23-8-2-1-3-9-23/h1-13,16,18-19,24-25,30H,14-15,17,20H2. The minimum Gasteiger partial charge on any atom is -0.448 e. The second kappa shape index (κ2) is 8.52. The van der Waals surface area contributed by atoms with Crippen LogP contribution in [0.25, 0.3) is 22.4 Å². The number of rotatable bonds is 4. The van der Waals surface area contributed by atoms with Crippen LogP contribution >= 0.6 is 0 Å². The summed E-state index contributed by atoms with van der Waals surface area (Å²) >= 11 is 0. The van der Waals surface area contributed by atoms with E-state index in [2.05, 4.69) is 78.0 Å². The van der Waals surface area contributed by atoms with E-state index in [1.54, 1.807) is 0 Å². The van der Waals surface area contributed by atoms with Crippen molar-refractivity contribution < 1.29 is 9.53 Å². The average molecular weight is 474 g/mol. The molecule has 1 fully saturated rings. The Balaban J connectivity index is 1.08. The Morgan fingerprint density at radius 3 is 2.31 bits per heavy atom. The summed E-state index contributed by atoms with van der Waals surface area (Å²) in [5.41, 5.74) is 8.42. The maximum absolute atomic E-state index is 13.3. The number of benzene rings is 3. The van der Waals surface area contributed by atoms with Gasteiger partial charge in [0.25, 0.3) is 0 Å². The fourth-order valence-corrected chi connectivity index (χ4v) is 6.21. The van der Waals surface area contributed by atoms with Crippen molar-refractivity contribution >= 4 is 11.7 Å². The van der Waals surface area contributed by atoms with E-state index in [-0.39, 0.29) is 24.1 Å². The molecule has 0 radical (unpaired) electrons. The quantitative estimate of drug-likeness (QED) is 0.343. The monoisotopic (exact) mass is 473 g/mol. The van der Waals surface area contributed by atoms with Crippen LogP contribution < -0.4 is 0 Å². The van der Waals surface area contributed by atoms with Crippen LogP contribution in [0.2, 0.25) is 0 Å². The SMILES string of the molecule is O=C(OCC1c2ccccc2-c2ccccc21)N1C2C=C(c3cnn(-c4ccccc4)c3)CC1CC2. The van der Waals surface area contributed by atoms with Gasteiger partial charge in [-0.15, -0.1) is 0 Å². The van der Waals surface area contributed by atoms with Crippen molar-refractivity contribution in [1.82, 2.24) is 14.7 Å². The Morgan fingerprint density at radius 2 is 1.58 bits per heavy atom. The lowest BCUT2D eigenvalue weighted by molar-refractivity contribution is 0.0866. The molecule has 3 aliphatic rings. The first-order valence-electron chi connectivity index (χ1n) is 12.7. The number of fused-ring (bicyclic) bond motifs is 5. The van der Waals surface area contributed by atoms with Gasteiger partial charge in [0, 0.05) is 23.7 Å². The second-order valence-corrected chi connectivity index (χ2v) is 9.91. The van der Waals surface area contributed by atoms with Gasteiger partial charge in [-0.1, -0.05) is 72.8 Å². The maximum Gasteiger partial charge on any atom is 0.410 e. The van der Waals surface area contributed by atoms with Crippen LogP contribution in [0.5, 0.6) is 0 Å². The molecule has 2 atom stereocenters. The average Bonchev–Trinajstić information content (AvgIpc) is 3.61. The zero-order valence-corrected chi connectivity index (χ0v) is 20.0. The first-order valence-corrected chi connectivity index (χ1v) is 12.7. The van der Waals surface area contributed by atoms with Crippen molar-refractivity contribution in [3.05, 3.63) is 114 Å². The number of para-hydroxylation sites is 1. The van der Waals surface area contributed by atoms with E-state index < -0.39 is 0 Å². The largest absolute Gasteiger partial charge is 0.448 e. The lowest BCUT2D eigenvalue weighted by Gasteiger charge is -2.33. The number of carbonyl (C=O) groups is 1. The summed E-state index contributed by atoms with van der Waals surface area (Å²) in [7, 11) is 0. The molecule has 2 unspecified atom stereocenters. The van der Waals surface area contributed by atoms with E-state index in [9.17, 15) is 4.79 Å². The molecule has 1 saturated heterocycles. The molecule has 1 amide bonds. The van der Waals surface area contributed by atoms with Gasteiger partial charge in [-0.3, -0.25) is 4.90 Å². The van der Waals surface area contributed by atoms with Crippen molar-refractivity contribution in [3.63, 3.8) is 0 Å². The number of amides is 1. The minimum absolute atomic E-state index is 0.0782. The lowest BCUT2D eigenvalue weighted by Crippen LogP contribution is -2.43. The number of aromatic nitrogens is 2. The molecule has 3 heterocycles. The smallest absolute Gasteiger partial charge is 0.410 e. The third kappa shape index (κ3) is 3.46. The number of hydrogen-bond donors (Lipinski definition) is 0. The molecule has 1 aromatic heterocycles. The van der Waals surface area contributed by atoms with Crippen LogP contribution in [-0.4, -0.2) is 39.5 Å². The highest BCUT2D eigenvalue weighted by molar-refractivity contribution is 5.79. The summed E-state index contributed by atoms with van der Waals surface area (Å²) in [6.07, 6.45) is 8.88. The van der Waals surface area contributed by atoms with E-state index in [0.29, 0.717) is 6.61 Å². The van der Waals surface area contributed by atoms with Gasteiger partial charge in [-0.2, -0.15) is 5.10 Å². The van der Waals surface area contributed by atoms with E-state index >= 15 is 0 Å². The van der Waals surface area contributed by atoms with E-state index in [1.165, 1.54) is 27.8 Å². The number of ether oxygens (including phenoxy) is 1. The third-order valence-corrected chi connectivity index (χ3v) is 7.92. The van der Waals surface area contributed by atoms with Crippen LogP contribution in [-0.2, 0) is 4.74 Å². The highest BCUT2D eigenvalue weighted by Gasteiger charge is 2.41. The second-order valence-electron chi connectivity index (χ2n) is 9.91. The van der Waals surface area contributed by atoms with Gasteiger partial charge in [0.1, 0.15) is 6.61 Å². The van der Waals surface area contributed by atoms with Crippen molar-refractivity contribution in [2.75, 3.05) is 6.61 Å². The molecule has 178 valence electrons. The Labute approximate surface area is 210 Å². The first kappa shape index (κ1) is 21.2. The zero-order valence-electron chi connectivity index (χ0n) is 20.0. The molecule has 2 aliphatic heterocycles. The Bertz CT molecular complexity index is 1430. The molecule has 5 nitrogen and oxygen atoms in total. The fraction of sp³-hybridized carbons (Fsp3) is 0.226. The van der Waals surface area contributed by atoms with E-state index in [4.69, 9.17) is 4.74 Å². The summed E-state index contributed by atoms with van der Waals surface area (Å²) in [4.78, 5) is 15.3. The Kier molecular flexibility index (Phi) is 5.01. The normalized spacial score (nSPS) is 20.1. The maximum atomic E-state index is 13.3. The molecule has 0 N–H and O–H groups in total. The van der Waals surface area contributed by atoms with Crippen molar-refractivity contribution in [3.8, 4) is 16.8 Å². The zero-order chi connectivity index (χ0) is 24.1. The minimum atomic E-state index is -0.195. The molecule has 0 spiro atoms. The van der Waals surface area contributed by atoms with Crippen LogP contribution in [0, 0.1) is 0 Å². The van der Waals surface area contributed by atoms with E-state index in [1.807, 2.05) is 34.0 Å². The van der Waals surface area contributed by atoms with Gasteiger partial charge >= 0.3 is 6.09 Å². The van der Waals surface area contributed by atoms with Crippen LogP contribution in [0.15, 0.2) is 97.3 Å². The van der Waals surface area contributed by atoms with Gasteiger partial charge in [-0.05, 0) is 59.2 Å². The fourth-order valence-electron chi connectivity index (χ4n) is 6.21.